The molecule has 2 aromatic rings. The molecule has 0 aliphatic heterocycles. The van der Waals surface area contributed by atoms with Crippen LogP contribution in [0.25, 0.3) is 11.5 Å². The largest absolute Gasteiger partial charge is 0.408 e. The van der Waals surface area contributed by atoms with Crippen LogP contribution in [0, 0.1) is 11.3 Å². The standard InChI is InChI=1S/C10H2Br2ClN3O2/c11-6-2-5(7(12)1-4(6)9(13)17)10-16-15-8(3-14)18-10/h1-2H. The summed E-state index contributed by atoms with van der Waals surface area (Å²) in [4.78, 5) is 11.1. The van der Waals surface area contributed by atoms with Crippen molar-refractivity contribution in [1.29, 1.82) is 5.26 Å². The highest BCUT2D eigenvalue weighted by Crippen LogP contribution is 2.33. The maximum atomic E-state index is 11.1. The number of nitrogens with zero attached hydrogens (tertiary/aromatic N) is 3. The van der Waals surface area contributed by atoms with Crippen LogP contribution in [0.15, 0.2) is 25.5 Å². The number of hydrogen-bond donors (Lipinski definition) is 0. The van der Waals surface area contributed by atoms with Crippen LogP contribution in [0.3, 0.4) is 0 Å². The second-order valence-corrected chi connectivity index (χ2v) is 5.16. The number of nitriles is 1. The molecule has 0 amide bonds. The molecule has 2 rings (SSSR count). The van der Waals surface area contributed by atoms with Crippen LogP contribution in [0.2, 0.25) is 0 Å². The number of hydrogen-bond acceptors (Lipinski definition) is 5. The third-order valence-corrected chi connectivity index (χ3v) is 3.54. The molecule has 1 aromatic carbocycles. The average Bonchev–Trinajstić information content (AvgIpc) is 2.79. The summed E-state index contributed by atoms with van der Waals surface area (Å²) < 4.78 is 6.16. The molecule has 0 saturated heterocycles. The van der Waals surface area contributed by atoms with Gasteiger partial charge in [-0.25, -0.2) is 0 Å². The first-order valence-electron chi connectivity index (χ1n) is 4.45. The molecule has 0 bridgehead atoms. The number of rotatable bonds is 2. The molecule has 0 unspecified atom stereocenters. The Morgan fingerprint density at radius 3 is 2.61 bits per heavy atom. The Morgan fingerprint density at radius 1 is 1.33 bits per heavy atom. The molecule has 8 heteroatoms. The van der Waals surface area contributed by atoms with Crippen molar-refractivity contribution < 1.29 is 9.21 Å². The summed E-state index contributed by atoms with van der Waals surface area (Å²) >= 11 is 11.9. The van der Waals surface area contributed by atoms with E-state index in [1.54, 1.807) is 12.1 Å². The van der Waals surface area contributed by atoms with E-state index >= 15 is 0 Å². The van der Waals surface area contributed by atoms with E-state index < -0.39 is 5.24 Å². The van der Waals surface area contributed by atoms with E-state index in [0.717, 1.165) is 0 Å². The Labute approximate surface area is 123 Å². The summed E-state index contributed by atoms with van der Waals surface area (Å²) in [6.45, 7) is 0. The third kappa shape index (κ3) is 2.46. The second-order valence-electron chi connectivity index (χ2n) is 3.11. The molecule has 0 atom stereocenters. The summed E-state index contributed by atoms with van der Waals surface area (Å²) in [5.74, 6) is 0.0400. The van der Waals surface area contributed by atoms with Crippen molar-refractivity contribution in [2.24, 2.45) is 0 Å². The van der Waals surface area contributed by atoms with Gasteiger partial charge in [-0.05, 0) is 55.6 Å². The van der Waals surface area contributed by atoms with Gasteiger partial charge in [0.25, 0.3) is 5.24 Å². The molecule has 1 heterocycles. The lowest BCUT2D eigenvalue weighted by Gasteiger charge is -2.04. The minimum Gasteiger partial charge on any atom is -0.408 e. The van der Waals surface area contributed by atoms with Gasteiger partial charge in [-0.15, -0.1) is 5.10 Å². The lowest BCUT2D eigenvalue weighted by Crippen LogP contribution is -1.92. The lowest BCUT2D eigenvalue weighted by molar-refractivity contribution is 0.108. The summed E-state index contributed by atoms with van der Waals surface area (Å²) in [6.07, 6.45) is 0. The molecule has 1 aromatic heterocycles. The van der Waals surface area contributed by atoms with E-state index in [1.807, 2.05) is 0 Å². The zero-order valence-electron chi connectivity index (χ0n) is 8.45. The van der Waals surface area contributed by atoms with Gasteiger partial charge >= 0.3 is 5.89 Å². The van der Waals surface area contributed by atoms with Crippen molar-refractivity contribution >= 4 is 48.7 Å². The normalized spacial score (nSPS) is 10.1. The maximum Gasteiger partial charge on any atom is 0.321 e. The van der Waals surface area contributed by atoms with Crippen molar-refractivity contribution in [1.82, 2.24) is 10.2 Å². The smallest absolute Gasteiger partial charge is 0.321 e. The minimum absolute atomic E-state index is 0.134. The molecule has 5 nitrogen and oxygen atoms in total. The molecule has 0 fully saturated rings. The van der Waals surface area contributed by atoms with Crippen LogP contribution in [-0.2, 0) is 0 Å². The summed E-state index contributed by atoms with van der Waals surface area (Å²) in [5, 5.41) is 15.3. The summed E-state index contributed by atoms with van der Waals surface area (Å²) in [6, 6.07) is 4.88. The molecule has 0 saturated carbocycles. The van der Waals surface area contributed by atoms with Gasteiger partial charge in [0.05, 0.1) is 5.56 Å². The minimum atomic E-state index is -0.586. The fourth-order valence-electron chi connectivity index (χ4n) is 1.24. The van der Waals surface area contributed by atoms with Crippen molar-refractivity contribution in [3.8, 4) is 17.5 Å². The number of aromatic nitrogens is 2. The first-order chi connectivity index (χ1) is 8.52. The van der Waals surface area contributed by atoms with Crippen LogP contribution < -0.4 is 0 Å². The van der Waals surface area contributed by atoms with Gasteiger partial charge in [-0.1, -0.05) is 5.10 Å². The SMILES string of the molecule is N#Cc1nnc(-c2cc(Br)c(C(=O)Cl)cc2Br)o1. The van der Waals surface area contributed by atoms with E-state index in [-0.39, 0.29) is 11.8 Å². The van der Waals surface area contributed by atoms with Gasteiger partial charge in [-0.2, -0.15) is 5.26 Å². The van der Waals surface area contributed by atoms with Gasteiger partial charge in [0.2, 0.25) is 5.89 Å². The fourth-order valence-corrected chi connectivity index (χ4v) is 2.55. The average molecular weight is 391 g/mol. The summed E-state index contributed by atoms with van der Waals surface area (Å²) in [5.41, 5.74) is 0.866. The highest BCUT2D eigenvalue weighted by molar-refractivity contribution is 9.11. The van der Waals surface area contributed by atoms with Gasteiger partial charge in [0, 0.05) is 14.5 Å². The van der Waals surface area contributed by atoms with E-state index in [1.165, 1.54) is 6.07 Å². The van der Waals surface area contributed by atoms with E-state index in [2.05, 4.69) is 42.1 Å². The predicted octanol–water partition coefficient (Wildman–Crippen LogP) is 3.51. The molecule has 0 aliphatic rings. The van der Waals surface area contributed by atoms with Crippen molar-refractivity contribution in [2.45, 2.75) is 0 Å². The topological polar surface area (TPSA) is 79.8 Å². The molecule has 0 spiro atoms. The highest BCUT2D eigenvalue weighted by Gasteiger charge is 2.16. The third-order valence-electron chi connectivity index (χ3n) is 2.02. The van der Waals surface area contributed by atoms with Gasteiger partial charge in [-0.3, -0.25) is 4.79 Å². The van der Waals surface area contributed by atoms with Crippen LogP contribution in [0.4, 0.5) is 0 Å². The van der Waals surface area contributed by atoms with Crippen LogP contribution >= 0.6 is 43.5 Å². The highest BCUT2D eigenvalue weighted by atomic mass is 79.9. The Morgan fingerprint density at radius 2 is 2.06 bits per heavy atom. The van der Waals surface area contributed by atoms with Crippen LogP contribution in [-0.4, -0.2) is 15.4 Å². The van der Waals surface area contributed by atoms with Crippen molar-refractivity contribution in [2.75, 3.05) is 0 Å². The number of benzene rings is 1. The Balaban J connectivity index is 2.56. The first kappa shape index (κ1) is 13.2. The zero-order chi connectivity index (χ0) is 13.3. The first-order valence-corrected chi connectivity index (χ1v) is 6.42. The monoisotopic (exact) mass is 389 g/mol. The fraction of sp³-hybridized carbons (Fsp3) is 0. The van der Waals surface area contributed by atoms with E-state index in [9.17, 15) is 4.79 Å². The maximum absolute atomic E-state index is 11.1. The van der Waals surface area contributed by atoms with Crippen molar-refractivity contribution in [3.05, 3.63) is 32.5 Å². The number of carbonyl (C=O) groups is 1. The Kier molecular flexibility index (Phi) is 3.80. The molecule has 0 N–H and O–H groups in total. The predicted molar refractivity (Wildman–Crippen MR) is 70.0 cm³/mol. The zero-order valence-corrected chi connectivity index (χ0v) is 12.4. The second kappa shape index (κ2) is 5.18. The van der Waals surface area contributed by atoms with E-state index in [4.69, 9.17) is 21.3 Å². The Hall–Kier alpha value is -1.23. The van der Waals surface area contributed by atoms with Gasteiger partial charge in [0.15, 0.2) is 6.07 Å². The molecule has 90 valence electrons. The molecule has 0 aliphatic carbocycles. The molecular formula is C10H2Br2ClN3O2. The van der Waals surface area contributed by atoms with Gasteiger partial charge < -0.3 is 4.42 Å². The quantitative estimate of drug-likeness (QED) is 0.732. The van der Waals surface area contributed by atoms with E-state index in [0.29, 0.717) is 20.1 Å². The number of carbonyl (C=O) groups excluding carboxylic acids is 1. The van der Waals surface area contributed by atoms with Crippen LogP contribution in [0.5, 0.6) is 0 Å². The van der Waals surface area contributed by atoms with Crippen LogP contribution in [0.1, 0.15) is 16.2 Å². The number of halogens is 3. The lowest BCUT2D eigenvalue weighted by atomic mass is 10.1. The van der Waals surface area contributed by atoms with Gasteiger partial charge in [0.1, 0.15) is 0 Å². The summed E-state index contributed by atoms with van der Waals surface area (Å²) in [7, 11) is 0. The molecule has 18 heavy (non-hydrogen) atoms. The molecular weight excluding hydrogens is 389 g/mol. The molecule has 0 radical (unpaired) electrons. The van der Waals surface area contributed by atoms with Crippen molar-refractivity contribution in [3.63, 3.8) is 0 Å². The Bertz CT molecular complexity index is 678.